The molecule has 0 spiro atoms. The number of esters is 1. The molecule has 24 heavy (non-hydrogen) atoms. The van der Waals surface area contributed by atoms with Gasteiger partial charge >= 0.3 is 5.97 Å². The molecule has 0 saturated carbocycles. The first-order chi connectivity index (χ1) is 11.7. The highest BCUT2D eigenvalue weighted by Gasteiger charge is 2.25. The Morgan fingerprint density at radius 2 is 1.79 bits per heavy atom. The number of carbonyl (C=O) groups is 1. The third-order valence-electron chi connectivity index (χ3n) is 3.96. The molecule has 0 radical (unpaired) electrons. The molecule has 0 amide bonds. The fourth-order valence-electron chi connectivity index (χ4n) is 2.64. The second kappa shape index (κ2) is 7.48. The smallest absolute Gasteiger partial charge is 0.346 e. The van der Waals surface area contributed by atoms with E-state index in [9.17, 15) is 4.79 Å². The molecule has 7 nitrogen and oxygen atoms in total. The lowest BCUT2D eigenvalue weighted by Gasteiger charge is -2.36. The molecule has 0 aliphatic carbocycles. The number of hydrogen-bond acceptors (Lipinski definition) is 8. The molecule has 1 aliphatic rings. The van der Waals surface area contributed by atoms with Gasteiger partial charge in [0, 0.05) is 31.9 Å². The minimum atomic E-state index is -0.705. The minimum absolute atomic E-state index is 0.395. The molecule has 1 aromatic carbocycles. The zero-order chi connectivity index (χ0) is 16.9. The number of nitrogens with zero attached hydrogens (tertiary/aromatic N) is 4. The number of piperazine rings is 1. The Labute approximate surface area is 145 Å². The van der Waals surface area contributed by atoms with E-state index < -0.39 is 12.1 Å². The SMILES string of the molecule is COC(=O)C(C)Oc1nsnc1N1CCN(c2ccccc2)CC1. The van der Waals surface area contributed by atoms with E-state index in [1.807, 2.05) is 18.2 Å². The number of methoxy groups -OCH3 is 1. The van der Waals surface area contributed by atoms with Crippen LogP contribution in [0.1, 0.15) is 6.92 Å². The van der Waals surface area contributed by atoms with E-state index in [2.05, 4.69) is 35.4 Å². The van der Waals surface area contributed by atoms with E-state index in [0.717, 1.165) is 37.9 Å². The van der Waals surface area contributed by atoms with Gasteiger partial charge in [0.15, 0.2) is 6.10 Å². The van der Waals surface area contributed by atoms with Crippen LogP contribution in [0.2, 0.25) is 0 Å². The summed E-state index contributed by atoms with van der Waals surface area (Å²) >= 11 is 1.09. The summed E-state index contributed by atoms with van der Waals surface area (Å²) in [5.74, 6) is 0.664. The van der Waals surface area contributed by atoms with Crippen molar-refractivity contribution >= 4 is 29.2 Å². The summed E-state index contributed by atoms with van der Waals surface area (Å²) in [5, 5.41) is 0. The topological polar surface area (TPSA) is 67.8 Å². The maximum Gasteiger partial charge on any atom is 0.346 e. The molecule has 0 bridgehead atoms. The predicted molar refractivity (Wildman–Crippen MR) is 92.9 cm³/mol. The fraction of sp³-hybridized carbons (Fsp3) is 0.438. The molecule has 2 aromatic rings. The van der Waals surface area contributed by atoms with E-state index >= 15 is 0 Å². The molecule has 1 aliphatic heterocycles. The van der Waals surface area contributed by atoms with Gasteiger partial charge in [0.1, 0.15) is 0 Å². The normalized spacial score (nSPS) is 15.9. The molecule has 2 heterocycles. The van der Waals surface area contributed by atoms with E-state index in [4.69, 9.17) is 4.74 Å². The summed E-state index contributed by atoms with van der Waals surface area (Å²) in [5.41, 5.74) is 1.23. The first kappa shape index (κ1) is 16.5. The van der Waals surface area contributed by atoms with Gasteiger partial charge in [0.05, 0.1) is 18.8 Å². The zero-order valence-corrected chi connectivity index (χ0v) is 14.5. The number of carbonyl (C=O) groups excluding carboxylic acids is 1. The van der Waals surface area contributed by atoms with Crippen LogP contribution in [0.3, 0.4) is 0 Å². The predicted octanol–water partition coefficient (Wildman–Crippen LogP) is 1.81. The number of para-hydroxylation sites is 1. The molecule has 1 fully saturated rings. The summed E-state index contributed by atoms with van der Waals surface area (Å²) in [6.45, 7) is 5.08. The molecular formula is C16H20N4O3S. The largest absolute Gasteiger partial charge is 0.466 e. The molecule has 0 N–H and O–H groups in total. The van der Waals surface area contributed by atoms with E-state index in [0.29, 0.717) is 11.7 Å². The number of ether oxygens (including phenoxy) is 2. The molecule has 8 heteroatoms. The van der Waals surface area contributed by atoms with Crippen molar-refractivity contribution in [1.82, 2.24) is 8.75 Å². The van der Waals surface area contributed by atoms with Crippen LogP contribution < -0.4 is 14.5 Å². The van der Waals surface area contributed by atoms with Gasteiger partial charge in [-0.15, -0.1) is 4.37 Å². The maximum atomic E-state index is 11.5. The second-order valence-electron chi connectivity index (χ2n) is 5.49. The van der Waals surface area contributed by atoms with Gasteiger partial charge in [-0.1, -0.05) is 18.2 Å². The van der Waals surface area contributed by atoms with Gasteiger partial charge in [-0.3, -0.25) is 0 Å². The Morgan fingerprint density at radius 1 is 1.12 bits per heavy atom. The van der Waals surface area contributed by atoms with Gasteiger partial charge in [-0.25, -0.2) is 4.79 Å². The van der Waals surface area contributed by atoms with E-state index in [-0.39, 0.29) is 0 Å². The van der Waals surface area contributed by atoms with Crippen molar-refractivity contribution in [3.8, 4) is 5.88 Å². The monoisotopic (exact) mass is 348 g/mol. The summed E-state index contributed by atoms with van der Waals surface area (Å²) in [4.78, 5) is 16.0. The van der Waals surface area contributed by atoms with Crippen molar-refractivity contribution in [1.29, 1.82) is 0 Å². The highest BCUT2D eigenvalue weighted by atomic mass is 32.1. The Hall–Kier alpha value is -2.35. The molecule has 1 saturated heterocycles. The number of benzene rings is 1. The van der Waals surface area contributed by atoms with Crippen molar-refractivity contribution in [2.45, 2.75) is 13.0 Å². The Morgan fingerprint density at radius 3 is 2.46 bits per heavy atom. The number of hydrogen-bond donors (Lipinski definition) is 0. The Bertz CT molecular complexity index is 671. The lowest BCUT2D eigenvalue weighted by atomic mass is 10.2. The molecule has 1 atom stereocenters. The van der Waals surface area contributed by atoms with Gasteiger partial charge < -0.3 is 19.3 Å². The first-order valence-corrected chi connectivity index (χ1v) is 8.54. The van der Waals surface area contributed by atoms with Gasteiger partial charge in [0.25, 0.3) is 5.88 Å². The van der Waals surface area contributed by atoms with Crippen LogP contribution in [0.5, 0.6) is 5.88 Å². The van der Waals surface area contributed by atoms with Crippen molar-refractivity contribution in [2.75, 3.05) is 43.1 Å². The van der Waals surface area contributed by atoms with Crippen molar-refractivity contribution in [2.24, 2.45) is 0 Å². The molecular weight excluding hydrogens is 328 g/mol. The van der Waals surface area contributed by atoms with Gasteiger partial charge in [0.2, 0.25) is 5.82 Å². The lowest BCUT2D eigenvalue weighted by molar-refractivity contribution is -0.148. The second-order valence-corrected chi connectivity index (χ2v) is 6.01. The molecule has 1 aromatic heterocycles. The van der Waals surface area contributed by atoms with Crippen LogP contribution in [0, 0.1) is 0 Å². The highest BCUT2D eigenvalue weighted by Crippen LogP contribution is 2.28. The lowest BCUT2D eigenvalue weighted by Crippen LogP contribution is -2.46. The quantitative estimate of drug-likeness (QED) is 0.763. The average molecular weight is 348 g/mol. The molecule has 3 rings (SSSR count). The van der Waals surface area contributed by atoms with Crippen LogP contribution in [0.25, 0.3) is 0 Å². The van der Waals surface area contributed by atoms with Crippen LogP contribution in [0.15, 0.2) is 30.3 Å². The average Bonchev–Trinajstić information content (AvgIpc) is 3.10. The number of anilines is 2. The van der Waals surface area contributed by atoms with Gasteiger partial charge in [-0.2, -0.15) is 4.37 Å². The summed E-state index contributed by atoms with van der Waals surface area (Å²) in [6, 6.07) is 10.4. The standard InChI is InChI=1S/C16H20N4O3S/c1-12(16(21)22-2)23-15-14(17-24-18-15)20-10-8-19(9-11-20)13-6-4-3-5-7-13/h3-7,12H,8-11H2,1-2H3. The summed E-state index contributed by atoms with van der Waals surface area (Å²) < 4.78 is 18.8. The number of aromatic nitrogens is 2. The third kappa shape index (κ3) is 3.59. The van der Waals surface area contributed by atoms with E-state index in [1.165, 1.54) is 12.8 Å². The maximum absolute atomic E-state index is 11.5. The van der Waals surface area contributed by atoms with Crippen molar-refractivity contribution in [3.63, 3.8) is 0 Å². The first-order valence-electron chi connectivity index (χ1n) is 7.81. The third-order valence-corrected chi connectivity index (χ3v) is 4.47. The Kier molecular flexibility index (Phi) is 5.14. The van der Waals surface area contributed by atoms with Crippen molar-refractivity contribution in [3.05, 3.63) is 30.3 Å². The molecule has 128 valence electrons. The van der Waals surface area contributed by atoms with Crippen LogP contribution >= 0.6 is 11.7 Å². The van der Waals surface area contributed by atoms with E-state index in [1.54, 1.807) is 6.92 Å². The molecule has 1 unspecified atom stereocenters. The minimum Gasteiger partial charge on any atom is -0.466 e. The van der Waals surface area contributed by atoms with Gasteiger partial charge in [-0.05, 0) is 19.1 Å². The van der Waals surface area contributed by atoms with Crippen LogP contribution in [0.4, 0.5) is 11.5 Å². The van der Waals surface area contributed by atoms with Crippen molar-refractivity contribution < 1.29 is 14.3 Å². The Balaban J connectivity index is 1.63. The highest BCUT2D eigenvalue weighted by molar-refractivity contribution is 6.99. The fourth-order valence-corrected chi connectivity index (χ4v) is 3.15. The number of rotatable bonds is 5. The summed E-state index contributed by atoms with van der Waals surface area (Å²) in [7, 11) is 1.34. The van der Waals surface area contributed by atoms with Crippen LogP contribution in [-0.4, -0.2) is 54.1 Å². The van der Waals surface area contributed by atoms with Crippen LogP contribution in [-0.2, 0) is 9.53 Å². The summed E-state index contributed by atoms with van der Waals surface area (Å²) in [6.07, 6.45) is -0.705. The zero-order valence-electron chi connectivity index (χ0n) is 13.7.